The summed E-state index contributed by atoms with van der Waals surface area (Å²) in [6, 6.07) is 2.00. The van der Waals surface area contributed by atoms with Crippen LogP contribution < -0.4 is 5.32 Å². The molecule has 0 saturated carbocycles. The minimum Gasteiger partial charge on any atom is -0.318 e. The van der Waals surface area contributed by atoms with Crippen molar-refractivity contribution in [1.82, 2.24) is 4.98 Å². The van der Waals surface area contributed by atoms with E-state index in [1.54, 1.807) is 0 Å². The van der Waals surface area contributed by atoms with Crippen molar-refractivity contribution < 1.29 is 35.5 Å². The quantitative estimate of drug-likeness (QED) is 0.683. The summed E-state index contributed by atoms with van der Waals surface area (Å²) in [6.07, 6.45) is -5.51. The van der Waals surface area contributed by atoms with Crippen molar-refractivity contribution >= 4 is 23.2 Å². The topological polar surface area (TPSA) is 42.0 Å². The summed E-state index contributed by atoms with van der Waals surface area (Å²) in [5.74, 6) is -15.4. The van der Waals surface area contributed by atoms with Crippen molar-refractivity contribution in [2.45, 2.75) is 18.0 Å². The molecule has 112 valence electrons. The van der Waals surface area contributed by atoms with Crippen LogP contribution in [0, 0.1) is 0 Å². The molecule has 1 aromatic heterocycles. The average molecular weight is 325 g/mol. The van der Waals surface area contributed by atoms with Crippen LogP contribution in [-0.2, 0) is 4.79 Å². The molecule has 0 aromatic carbocycles. The Morgan fingerprint density at radius 3 is 2.15 bits per heavy atom. The molecular weight excluding hydrogens is 321 g/mol. The van der Waals surface area contributed by atoms with Gasteiger partial charge in [0.25, 0.3) is 0 Å². The molecule has 1 amide bonds. The molecule has 0 atom stereocenters. The van der Waals surface area contributed by atoms with Gasteiger partial charge in [-0.05, 0) is 12.1 Å². The van der Waals surface area contributed by atoms with E-state index in [2.05, 4.69) is 4.98 Å². The summed E-state index contributed by atoms with van der Waals surface area (Å²) in [7, 11) is 0. The van der Waals surface area contributed by atoms with Crippen molar-refractivity contribution in [3.63, 3.8) is 0 Å². The van der Waals surface area contributed by atoms with Gasteiger partial charge in [0.05, 0.1) is 5.69 Å². The highest BCUT2D eigenvalue weighted by molar-refractivity contribution is 6.32. The number of rotatable bonds is 3. The van der Waals surface area contributed by atoms with E-state index in [4.69, 9.17) is 11.6 Å². The van der Waals surface area contributed by atoms with Gasteiger partial charge < -0.3 is 5.32 Å². The van der Waals surface area contributed by atoms with Crippen molar-refractivity contribution in [2.24, 2.45) is 0 Å². The second kappa shape index (κ2) is 5.08. The molecule has 1 rings (SSSR count). The third-order valence-corrected chi connectivity index (χ3v) is 2.34. The second-order valence-corrected chi connectivity index (χ2v) is 3.80. The molecule has 0 fully saturated rings. The number of nitrogens with one attached hydrogen (secondary N) is 1. The number of aromatic nitrogens is 1. The summed E-state index contributed by atoms with van der Waals surface area (Å²) < 4.78 is 86.7. The Balaban J connectivity index is 3.05. The molecular formula is C9H4ClF7N2O. The first-order chi connectivity index (χ1) is 8.91. The number of alkyl halides is 7. The predicted octanol–water partition coefficient (Wildman–Crippen LogP) is 3.51. The molecule has 0 saturated heterocycles. The molecule has 11 heteroatoms. The second-order valence-electron chi connectivity index (χ2n) is 3.44. The summed E-state index contributed by atoms with van der Waals surface area (Å²) >= 11 is 5.34. The van der Waals surface area contributed by atoms with Crippen molar-refractivity contribution in [1.29, 1.82) is 0 Å². The van der Waals surface area contributed by atoms with Crippen LogP contribution in [0.1, 0.15) is 0 Å². The molecule has 3 nitrogen and oxygen atoms in total. The van der Waals surface area contributed by atoms with Gasteiger partial charge in [0, 0.05) is 6.20 Å². The minimum atomic E-state index is -6.59. The Kier molecular flexibility index (Phi) is 4.18. The lowest BCUT2D eigenvalue weighted by atomic mass is 10.1. The number of amides is 1. The molecule has 1 N–H and O–H groups in total. The van der Waals surface area contributed by atoms with Crippen LogP contribution in [0.4, 0.5) is 36.4 Å². The third-order valence-electron chi connectivity index (χ3n) is 2.04. The molecule has 0 aliphatic rings. The third kappa shape index (κ3) is 2.79. The lowest BCUT2D eigenvalue weighted by Gasteiger charge is -2.27. The fraction of sp³-hybridized carbons (Fsp3) is 0.333. The maximum Gasteiger partial charge on any atom is 0.460 e. The highest BCUT2D eigenvalue weighted by atomic mass is 35.5. The van der Waals surface area contributed by atoms with Crippen LogP contribution in [0.15, 0.2) is 18.3 Å². The summed E-state index contributed by atoms with van der Waals surface area (Å²) in [5.41, 5.74) is -0.628. The first kappa shape index (κ1) is 16.5. The van der Waals surface area contributed by atoms with E-state index < -0.39 is 34.8 Å². The zero-order chi connectivity index (χ0) is 15.8. The predicted molar refractivity (Wildman–Crippen MR) is 53.8 cm³/mol. The van der Waals surface area contributed by atoms with Crippen LogP contribution >= 0.6 is 11.6 Å². The Morgan fingerprint density at radius 2 is 1.70 bits per heavy atom. The molecule has 20 heavy (non-hydrogen) atoms. The van der Waals surface area contributed by atoms with Gasteiger partial charge in [0.2, 0.25) is 0 Å². The Morgan fingerprint density at radius 1 is 1.15 bits per heavy atom. The Hall–Kier alpha value is -1.58. The van der Waals surface area contributed by atoms with E-state index >= 15 is 0 Å². The summed E-state index contributed by atoms with van der Waals surface area (Å²) in [5, 5.41) is 0.616. The van der Waals surface area contributed by atoms with Gasteiger partial charge in [0.1, 0.15) is 0 Å². The minimum absolute atomic E-state index is 0.549. The van der Waals surface area contributed by atoms with Crippen LogP contribution in [0.5, 0.6) is 0 Å². The van der Waals surface area contributed by atoms with Gasteiger partial charge in [-0.1, -0.05) is 11.6 Å². The lowest BCUT2D eigenvalue weighted by Crippen LogP contribution is -2.57. The molecule has 0 spiro atoms. The molecule has 0 radical (unpaired) electrons. The van der Waals surface area contributed by atoms with E-state index in [0.29, 0.717) is 0 Å². The maximum absolute atomic E-state index is 13.0. The first-order valence-corrected chi connectivity index (χ1v) is 5.03. The standard InChI is InChI=1S/C9H4ClF7N2O/c10-5-4(2-1-3-18-5)19-6(20)7(11,12)8(13,14)9(15,16)17/h1-3H,(H,19,20). The van der Waals surface area contributed by atoms with Gasteiger partial charge in [-0.15, -0.1) is 0 Å². The van der Waals surface area contributed by atoms with Crippen LogP contribution in [0.2, 0.25) is 5.15 Å². The van der Waals surface area contributed by atoms with Crippen molar-refractivity contribution in [3.05, 3.63) is 23.5 Å². The smallest absolute Gasteiger partial charge is 0.318 e. The number of hydrogen-bond acceptors (Lipinski definition) is 2. The van der Waals surface area contributed by atoms with Gasteiger partial charge in [0.15, 0.2) is 5.15 Å². The largest absolute Gasteiger partial charge is 0.460 e. The van der Waals surface area contributed by atoms with Crippen LogP contribution in [0.25, 0.3) is 0 Å². The lowest BCUT2D eigenvalue weighted by molar-refractivity contribution is -0.343. The zero-order valence-electron chi connectivity index (χ0n) is 9.11. The molecule has 1 heterocycles. The number of hydrogen-bond donors (Lipinski definition) is 1. The number of anilines is 1. The van der Waals surface area contributed by atoms with Gasteiger partial charge in [-0.25, -0.2) is 4.98 Å². The number of nitrogens with zero attached hydrogens (tertiary/aromatic N) is 1. The molecule has 0 unspecified atom stereocenters. The molecule has 0 aliphatic heterocycles. The highest BCUT2D eigenvalue weighted by Gasteiger charge is 2.76. The fourth-order valence-electron chi connectivity index (χ4n) is 1.00. The van der Waals surface area contributed by atoms with E-state index in [1.807, 2.05) is 0 Å². The molecule has 1 aromatic rings. The zero-order valence-corrected chi connectivity index (χ0v) is 9.87. The average Bonchev–Trinajstić information content (AvgIpc) is 2.30. The van der Waals surface area contributed by atoms with E-state index in [9.17, 15) is 35.5 Å². The van der Waals surface area contributed by atoms with Crippen LogP contribution in [-0.4, -0.2) is 28.9 Å². The van der Waals surface area contributed by atoms with Gasteiger partial charge in [-0.2, -0.15) is 30.7 Å². The Labute approximate surface area is 111 Å². The fourth-order valence-corrected chi connectivity index (χ4v) is 1.17. The SMILES string of the molecule is O=C(Nc1cccnc1Cl)C(F)(F)C(F)(F)C(F)(F)F. The summed E-state index contributed by atoms with van der Waals surface area (Å²) in [6.45, 7) is 0. The highest BCUT2D eigenvalue weighted by Crippen LogP contribution is 2.46. The van der Waals surface area contributed by atoms with E-state index in [0.717, 1.165) is 18.3 Å². The monoisotopic (exact) mass is 324 g/mol. The molecule has 0 bridgehead atoms. The number of carbonyl (C=O) groups excluding carboxylic acids is 1. The number of halogens is 8. The first-order valence-electron chi connectivity index (χ1n) is 4.65. The number of carbonyl (C=O) groups is 1. The Bertz CT molecular complexity index is 517. The van der Waals surface area contributed by atoms with E-state index in [-0.39, 0.29) is 0 Å². The van der Waals surface area contributed by atoms with Crippen molar-refractivity contribution in [2.75, 3.05) is 5.32 Å². The maximum atomic E-state index is 13.0. The van der Waals surface area contributed by atoms with Crippen LogP contribution in [0.3, 0.4) is 0 Å². The number of pyridine rings is 1. The normalized spacial score (nSPS) is 13.2. The van der Waals surface area contributed by atoms with Gasteiger partial charge in [-0.3, -0.25) is 4.79 Å². The molecule has 0 aliphatic carbocycles. The van der Waals surface area contributed by atoms with Crippen molar-refractivity contribution in [3.8, 4) is 0 Å². The van der Waals surface area contributed by atoms with Gasteiger partial charge >= 0.3 is 23.9 Å². The summed E-state index contributed by atoms with van der Waals surface area (Å²) in [4.78, 5) is 14.3. The van der Waals surface area contributed by atoms with E-state index in [1.165, 1.54) is 5.32 Å².